The summed E-state index contributed by atoms with van der Waals surface area (Å²) in [5.74, 6) is -1.54. The number of para-hydroxylation sites is 1. The third kappa shape index (κ3) is 1.83. The molecule has 0 saturated carbocycles. The van der Waals surface area contributed by atoms with Gasteiger partial charge in [0.15, 0.2) is 0 Å². The van der Waals surface area contributed by atoms with Crippen molar-refractivity contribution < 1.29 is 14.7 Å². The Kier molecular flexibility index (Phi) is 3.11. The Balaban J connectivity index is 1.69. The van der Waals surface area contributed by atoms with Gasteiger partial charge in [-0.15, -0.1) is 0 Å². The molecule has 2 bridgehead atoms. The molecule has 4 rings (SSSR count). The van der Waals surface area contributed by atoms with Crippen LogP contribution in [-0.2, 0) is 15.1 Å². The Hall–Kier alpha value is -2.12. The summed E-state index contributed by atoms with van der Waals surface area (Å²) in [6, 6.07) is 7.50. The molecule has 2 fully saturated rings. The second-order valence-electron chi connectivity index (χ2n) is 6.44. The van der Waals surface area contributed by atoms with Crippen molar-refractivity contribution in [3.63, 3.8) is 0 Å². The maximum Gasteiger partial charge on any atom is 0.340 e. The molecule has 3 aliphatic heterocycles. The number of likely N-dealkylation sites (N-methyl/N-ethyl adjacent to an activating group) is 1. The predicted octanol–water partition coefficient (Wildman–Crippen LogP) is 0.202. The lowest BCUT2D eigenvalue weighted by Crippen LogP contribution is -2.62. The van der Waals surface area contributed by atoms with Crippen LogP contribution in [0.4, 0.5) is 5.69 Å². The van der Waals surface area contributed by atoms with Gasteiger partial charge < -0.3 is 15.4 Å². The van der Waals surface area contributed by atoms with E-state index in [4.69, 9.17) is 0 Å². The van der Waals surface area contributed by atoms with E-state index in [1.165, 1.54) is 0 Å². The zero-order chi connectivity index (χ0) is 16.2. The number of fused-ring (bicyclic) bond motifs is 3. The molecule has 3 heterocycles. The Labute approximate surface area is 134 Å². The zero-order valence-electron chi connectivity index (χ0n) is 13.0. The van der Waals surface area contributed by atoms with Gasteiger partial charge in [0, 0.05) is 30.7 Å². The number of likely N-dealkylation sites (tertiary alicyclic amines) is 2. The SMILES string of the molecule is CCN1C[C@@H]2C[C@H]1CN2C(=O)C1(C(=O)O)NNc2ccccc21. The topological polar surface area (TPSA) is 84.9 Å². The van der Waals surface area contributed by atoms with Gasteiger partial charge in [-0.25, -0.2) is 10.2 Å². The molecule has 1 aromatic carbocycles. The number of carboxylic acid groups (broad SMARTS) is 1. The van der Waals surface area contributed by atoms with Crippen molar-refractivity contribution in [2.45, 2.75) is 31.0 Å². The highest BCUT2D eigenvalue weighted by Gasteiger charge is 2.58. The molecule has 7 heteroatoms. The van der Waals surface area contributed by atoms with E-state index in [-0.39, 0.29) is 11.9 Å². The average Bonchev–Trinajstić information content (AvgIpc) is 3.25. The number of rotatable bonds is 3. The van der Waals surface area contributed by atoms with Crippen LogP contribution in [0.1, 0.15) is 18.9 Å². The van der Waals surface area contributed by atoms with Crippen LogP contribution < -0.4 is 10.9 Å². The van der Waals surface area contributed by atoms with Gasteiger partial charge in [-0.1, -0.05) is 25.1 Å². The number of hydrogen-bond acceptors (Lipinski definition) is 5. The minimum atomic E-state index is -1.74. The van der Waals surface area contributed by atoms with Crippen LogP contribution in [-0.4, -0.2) is 58.5 Å². The monoisotopic (exact) mass is 316 g/mol. The highest BCUT2D eigenvalue weighted by Crippen LogP contribution is 2.39. The quantitative estimate of drug-likeness (QED) is 0.691. The van der Waals surface area contributed by atoms with E-state index in [9.17, 15) is 14.7 Å². The fourth-order valence-electron chi connectivity index (χ4n) is 4.18. The van der Waals surface area contributed by atoms with Crippen molar-refractivity contribution in [3.8, 4) is 0 Å². The molecule has 3 N–H and O–H groups in total. The molecule has 3 atom stereocenters. The van der Waals surface area contributed by atoms with E-state index < -0.39 is 11.5 Å². The summed E-state index contributed by atoms with van der Waals surface area (Å²) in [4.78, 5) is 29.3. The fourth-order valence-corrected chi connectivity index (χ4v) is 4.18. The lowest BCUT2D eigenvalue weighted by atomic mass is 9.89. The smallest absolute Gasteiger partial charge is 0.340 e. The number of carbonyl (C=O) groups excluding carboxylic acids is 1. The average molecular weight is 316 g/mol. The van der Waals surface area contributed by atoms with Gasteiger partial charge in [-0.3, -0.25) is 9.69 Å². The summed E-state index contributed by atoms with van der Waals surface area (Å²) in [7, 11) is 0. The first-order chi connectivity index (χ1) is 11.1. The first kappa shape index (κ1) is 14.5. The second kappa shape index (κ2) is 4.94. The van der Waals surface area contributed by atoms with Crippen LogP contribution >= 0.6 is 0 Å². The van der Waals surface area contributed by atoms with E-state index in [0.717, 1.165) is 19.5 Å². The molecule has 1 unspecified atom stereocenters. The lowest BCUT2D eigenvalue weighted by Gasteiger charge is -2.37. The molecule has 0 spiro atoms. The molecule has 7 nitrogen and oxygen atoms in total. The molecule has 1 amide bonds. The number of piperazine rings is 1. The summed E-state index contributed by atoms with van der Waals surface area (Å²) in [6.45, 7) is 4.52. The van der Waals surface area contributed by atoms with Gasteiger partial charge in [0.25, 0.3) is 5.91 Å². The minimum absolute atomic E-state index is 0.109. The third-order valence-corrected chi connectivity index (χ3v) is 5.38. The van der Waals surface area contributed by atoms with Crippen molar-refractivity contribution in [1.82, 2.24) is 15.2 Å². The maximum absolute atomic E-state index is 13.2. The van der Waals surface area contributed by atoms with Crippen LogP contribution in [0.5, 0.6) is 0 Å². The first-order valence-corrected chi connectivity index (χ1v) is 7.99. The molecule has 1 aromatic rings. The minimum Gasteiger partial charge on any atom is -0.479 e. The summed E-state index contributed by atoms with van der Waals surface area (Å²) in [5, 5.41) is 9.85. The van der Waals surface area contributed by atoms with E-state index in [1.807, 2.05) is 6.07 Å². The summed E-state index contributed by atoms with van der Waals surface area (Å²) < 4.78 is 0. The number of carbonyl (C=O) groups is 2. The summed E-state index contributed by atoms with van der Waals surface area (Å²) in [6.07, 6.45) is 0.935. The number of amides is 1. The second-order valence-corrected chi connectivity index (χ2v) is 6.44. The Morgan fingerprint density at radius 3 is 2.74 bits per heavy atom. The zero-order valence-corrected chi connectivity index (χ0v) is 13.0. The molecular formula is C16H20N4O3. The highest BCUT2D eigenvalue weighted by molar-refractivity contribution is 6.10. The Bertz CT molecular complexity index is 679. The third-order valence-electron chi connectivity index (χ3n) is 5.38. The van der Waals surface area contributed by atoms with Crippen LogP contribution in [0.2, 0.25) is 0 Å². The van der Waals surface area contributed by atoms with Gasteiger partial charge in [0.05, 0.1) is 5.69 Å². The molecule has 0 aromatic heterocycles. The predicted molar refractivity (Wildman–Crippen MR) is 83.7 cm³/mol. The Morgan fingerprint density at radius 2 is 2.09 bits per heavy atom. The number of nitrogens with one attached hydrogen (secondary N) is 2. The van der Waals surface area contributed by atoms with Crippen molar-refractivity contribution in [2.75, 3.05) is 25.1 Å². The normalized spacial score (nSPS) is 32.0. The van der Waals surface area contributed by atoms with Crippen LogP contribution in [0.15, 0.2) is 24.3 Å². The van der Waals surface area contributed by atoms with Crippen LogP contribution in [0.25, 0.3) is 0 Å². The van der Waals surface area contributed by atoms with Gasteiger partial charge in [-0.05, 0) is 19.0 Å². The number of hydrazine groups is 1. The highest BCUT2D eigenvalue weighted by atomic mass is 16.4. The lowest BCUT2D eigenvalue weighted by molar-refractivity contribution is -0.156. The van der Waals surface area contributed by atoms with Gasteiger partial charge in [0.2, 0.25) is 5.54 Å². The molecule has 3 aliphatic rings. The molecule has 23 heavy (non-hydrogen) atoms. The van der Waals surface area contributed by atoms with Gasteiger partial charge >= 0.3 is 5.97 Å². The number of anilines is 1. The number of nitrogens with zero attached hydrogens (tertiary/aromatic N) is 2. The summed E-state index contributed by atoms with van der Waals surface area (Å²) in [5.41, 5.74) is 4.98. The van der Waals surface area contributed by atoms with Crippen LogP contribution in [0, 0.1) is 0 Å². The maximum atomic E-state index is 13.2. The van der Waals surface area contributed by atoms with Crippen molar-refractivity contribution >= 4 is 17.6 Å². The summed E-state index contributed by atoms with van der Waals surface area (Å²) >= 11 is 0. The van der Waals surface area contributed by atoms with E-state index in [1.54, 1.807) is 23.1 Å². The van der Waals surface area contributed by atoms with Gasteiger partial charge in [-0.2, -0.15) is 0 Å². The fraction of sp³-hybridized carbons (Fsp3) is 0.500. The molecule has 0 aliphatic carbocycles. The van der Waals surface area contributed by atoms with Crippen LogP contribution in [0.3, 0.4) is 0 Å². The molecular weight excluding hydrogens is 296 g/mol. The molecule has 122 valence electrons. The van der Waals surface area contributed by atoms with Crippen molar-refractivity contribution in [2.24, 2.45) is 0 Å². The van der Waals surface area contributed by atoms with Crippen molar-refractivity contribution in [1.29, 1.82) is 0 Å². The van der Waals surface area contributed by atoms with E-state index >= 15 is 0 Å². The van der Waals surface area contributed by atoms with Crippen molar-refractivity contribution in [3.05, 3.63) is 29.8 Å². The number of aliphatic carboxylic acids is 1. The molecule has 0 radical (unpaired) electrons. The van der Waals surface area contributed by atoms with E-state index in [2.05, 4.69) is 22.7 Å². The van der Waals surface area contributed by atoms with E-state index in [0.29, 0.717) is 23.8 Å². The standard InChI is InChI=1S/C16H20N4O3/c1-2-19-8-11-7-10(19)9-20(11)14(21)16(15(22)23)12-5-3-4-6-13(12)17-18-16/h3-6,10-11,17-18H,2,7-9H2,1H3,(H,22,23)/t10-,11-,16?/m0/s1. The number of hydrogen-bond donors (Lipinski definition) is 3. The van der Waals surface area contributed by atoms with Gasteiger partial charge in [0.1, 0.15) is 0 Å². The number of carboxylic acids is 1. The largest absolute Gasteiger partial charge is 0.479 e. The number of benzene rings is 1. The Morgan fingerprint density at radius 1 is 1.30 bits per heavy atom. The first-order valence-electron chi connectivity index (χ1n) is 7.99. The molecule has 2 saturated heterocycles.